The number of rotatable bonds is 14. The van der Waals surface area contributed by atoms with Gasteiger partial charge >= 0.3 is 0 Å². The topological polar surface area (TPSA) is 59.7 Å². The first-order valence-electron chi connectivity index (χ1n) is 16.8. The number of nitrogens with one attached hydrogen (secondary N) is 2. The van der Waals surface area contributed by atoms with Gasteiger partial charge in [-0.05, 0) is 90.7 Å². The first kappa shape index (κ1) is 34.6. The van der Waals surface area contributed by atoms with Gasteiger partial charge in [-0.2, -0.15) is 0 Å². The maximum absolute atomic E-state index is 4.72. The van der Waals surface area contributed by atoms with E-state index in [2.05, 4.69) is 155 Å². The van der Waals surface area contributed by atoms with E-state index < -0.39 is 0 Å². The second-order valence-corrected chi connectivity index (χ2v) is 16.0. The quantitative estimate of drug-likeness (QED) is 0.150. The van der Waals surface area contributed by atoms with Gasteiger partial charge in [-0.25, -0.2) is 9.97 Å². The van der Waals surface area contributed by atoms with Crippen molar-refractivity contribution in [2.75, 3.05) is 13.1 Å². The molecular weight excluding hydrogens is 552 g/mol. The number of nitrogens with zero attached hydrogens (tertiary/aromatic N) is 4. The molecule has 0 unspecified atom stereocenters. The van der Waals surface area contributed by atoms with Crippen LogP contribution in [0.3, 0.4) is 0 Å². The lowest BCUT2D eigenvalue weighted by Crippen LogP contribution is -2.41. The van der Waals surface area contributed by atoms with Crippen molar-refractivity contribution in [3.05, 3.63) is 84.7 Å². The minimum atomic E-state index is 0.0614. The van der Waals surface area contributed by atoms with E-state index in [1.54, 1.807) is 0 Å². The maximum Gasteiger partial charge on any atom is 0.0956 e. The third kappa shape index (κ3) is 11.0. The van der Waals surface area contributed by atoms with Crippen molar-refractivity contribution in [3.8, 4) is 22.5 Å². The summed E-state index contributed by atoms with van der Waals surface area (Å²) in [6, 6.07) is 18.5. The smallest absolute Gasteiger partial charge is 0.0956 e. The molecule has 6 heteroatoms. The van der Waals surface area contributed by atoms with E-state index in [-0.39, 0.29) is 11.1 Å². The molecule has 244 valence electrons. The maximum atomic E-state index is 4.72. The van der Waals surface area contributed by atoms with E-state index in [1.807, 2.05) is 12.7 Å². The number of hydrogen-bond acceptors (Lipinski definition) is 4. The second kappa shape index (κ2) is 14.5. The van der Waals surface area contributed by atoms with Crippen molar-refractivity contribution in [2.45, 2.75) is 118 Å². The van der Waals surface area contributed by atoms with Crippen LogP contribution in [0.25, 0.3) is 22.5 Å². The van der Waals surface area contributed by atoms with E-state index >= 15 is 0 Å². The number of aromatic nitrogens is 4. The molecule has 0 aliphatic carbocycles. The SMILES string of the molecule is C[C@H](CNC(C)(C)CCCc1ccc(-c2cn([C@@H](C)CNC(C)(C)C)cn2)cc1)n1cnc(-c2ccc(CC(C)(C)C)cc2)c1. The molecular formula is C39H58N6. The molecule has 0 aliphatic rings. The lowest BCUT2D eigenvalue weighted by molar-refractivity contribution is 0.327. The summed E-state index contributed by atoms with van der Waals surface area (Å²) in [5, 5.41) is 7.40. The Balaban J connectivity index is 1.21. The fraction of sp³-hybridized carbons (Fsp3) is 0.538. The Morgan fingerprint density at radius 1 is 0.644 bits per heavy atom. The Morgan fingerprint density at radius 2 is 1.11 bits per heavy atom. The van der Waals surface area contributed by atoms with Crippen molar-refractivity contribution in [3.63, 3.8) is 0 Å². The van der Waals surface area contributed by atoms with E-state index in [4.69, 9.17) is 4.98 Å². The van der Waals surface area contributed by atoms with Crippen molar-refractivity contribution < 1.29 is 0 Å². The summed E-state index contributed by atoms with van der Waals surface area (Å²) in [5.41, 5.74) is 7.63. The monoisotopic (exact) mass is 610 g/mol. The lowest BCUT2D eigenvalue weighted by Gasteiger charge is -2.28. The third-order valence-corrected chi connectivity index (χ3v) is 8.53. The zero-order chi connectivity index (χ0) is 32.8. The van der Waals surface area contributed by atoms with Gasteiger partial charge in [0.2, 0.25) is 0 Å². The molecule has 4 aromatic rings. The highest BCUT2D eigenvalue weighted by atomic mass is 15.1. The number of aryl methyl sites for hydroxylation is 1. The highest BCUT2D eigenvalue weighted by Crippen LogP contribution is 2.25. The fourth-order valence-corrected chi connectivity index (χ4v) is 5.61. The van der Waals surface area contributed by atoms with Crippen LogP contribution >= 0.6 is 0 Å². The van der Waals surface area contributed by atoms with E-state index in [9.17, 15) is 0 Å². The summed E-state index contributed by atoms with van der Waals surface area (Å²) in [6.45, 7) is 24.4. The molecule has 2 N–H and O–H groups in total. The molecule has 2 atom stereocenters. The predicted molar refractivity (Wildman–Crippen MR) is 191 cm³/mol. The average molecular weight is 611 g/mol. The molecule has 2 heterocycles. The molecule has 6 nitrogen and oxygen atoms in total. The van der Waals surface area contributed by atoms with Gasteiger partial charge in [0, 0.05) is 59.8 Å². The summed E-state index contributed by atoms with van der Waals surface area (Å²) in [4.78, 5) is 9.40. The highest BCUT2D eigenvalue weighted by molar-refractivity contribution is 5.59. The van der Waals surface area contributed by atoms with Gasteiger partial charge < -0.3 is 19.8 Å². The summed E-state index contributed by atoms with van der Waals surface area (Å²) in [5.74, 6) is 0. The minimum Gasteiger partial charge on any atom is -0.333 e. The second-order valence-electron chi connectivity index (χ2n) is 16.0. The number of benzene rings is 2. The van der Waals surface area contributed by atoms with Crippen molar-refractivity contribution in [2.24, 2.45) is 5.41 Å². The highest BCUT2D eigenvalue weighted by Gasteiger charge is 2.19. The standard InChI is InChI=1S/C39H58N6/c1-29(23-42-38(6,7)8)44-25-35(40-27-44)33-17-13-31(14-18-33)12-11-21-39(9,10)43-24-30(2)45-26-36(41-28-45)34-19-15-32(16-20-34)22-37(3,4)5/h13-20,25-30,42-43H,11-12,21-24H2,1-10H3/t29-,30+/m0/s1. The first-order chi connectivity index (χ1) is 21.1. The van der Waals surface area contributed by atoms with Gasteiger partial charge in [0.05, 0.1) is 24.0 Å². The zero-order valence-corrected chi connectivity index (χ0v) is 29.6. The average Bonchev–Trinajstić information content (AvgIpc) is 3.65. The first-order valence-corrected chi connectivity index (χ1v) is 16.8. The summed E-state index contributed by atoms with van der Waals surface area (Å²) in [7, 11) is 0. The fourth-order valence-electron chi connectivity index (χ4n) is 5.61. The molecule has 0 aliphatic heterocycles. The molecule has 0 spiro atoms. The van der Waals surface area contributed by atoms with Crippen LogP contribution in [0.15, 0.2) is 73.6 Å². The molecule has 0 saturated heterocycles. The van der Waals surface area contributed by atoms with Crippen LogP contribution in [0, 0.1) is 5.41 Å². The molecule has 2 aromatic carbocycles. The van der Waals surface area contributed by atoms with Crippen LogP contribution < -0.4 is 10.6 Å². The van der Waals surface area contributed by atoms with Gasteiger partial charge in [-0.15, -0.1) is 0 Å². The zero-order valence-electron chi connectivity index (χ0n) is 29.6. The van der Waals surface area contributed by atoms with Crippen LogP contribution in [0.5, 0.6) is 0 Å². The minimum absolute atomic E-state index is 0.0614. The van der Waals surface area contributed by atoms with Crippen LogP contribution in [-0.4, -0.2) is 43.3 Å². The van der Waals surface area contributed by atoms with Gasteiger partial charge in [0.15, 0.2) is 0 Å². The Morgan fingerprint density at radius 3 is 1.58 bits per heavy atom. The molecule has 0 fully saturated rings. The summed E-state index contributed by atoms with van der Waals surface area (Å²) < 4.78 is 4.44. The summed E-state index contributed by atoms with van der Waals surface area (Å²) >= 11 is 0. The van der Waals surface area contributed by atoms with Crippen molar-refractivity contribution in [1.29, 1.82) is 0 Å². The van der Waals surface area contributed by atoms with Gasteiger partial charge in [0.25, 0.3) is 0 Å². The summed E-state index contributed by atoms with van der Waals surface area (Å²) in [6.07, 6.45) is 12.7. The molecule has 45 heavy (non-hydrogen) atoms. The van der Waals surface area contributed by atoms with E-state index in [0.717, 1.165) is 50.2 Å². The van der Waals surface area contributed by atoms with E-state index in [0.29, 0.717) is 17.5 Å². The molecule has 4 rings (SSSR count). The van der Waals surface area contributed by atoms with Crippen molar-refractivity contribution in [1.82, 2.24) is 29.7 Å². The number of imidazole rings is 2. The molecule has 0 radical (unpaired) electrons. The normalized spacial score (nSPS) is 14.1. The van der Waals surface area contributed by atoms with Crippen molar-refractivity contribution >= 4 is 0 Å². The third-order valence-electron chi connectivity index (χ3n) is 8.53. The number of hydrogen-bond donors (Lipinski definition) is 2. The Labute approximate surface area is 273 Å². The molecule has 0 saturated carbocycles. The predicted octanol–water partition coefficient (Wildman–Crippen LogP) is 8.90. The molecule has 2 aromatic heterocycles. The van der Waals surface area contributed by atoms with Gasteiger partial charge in [-0.1, -0.05) is 69.3 Å². The Bertz CT molecular complexity index is 1460. The Hall–Kier alpha value is -3.22. The van der Waals surface area contributed by atoms with Crippen LogP contribution in [-0.2, 0) is 12.8 Å². The van der Waals surface area contributed by atoms with Crippen LogP contribution in [0.4, 0.5) is 0 Å². The lowest BCUT2D eigenvalue weighted by atomic mass is 9.88. The van der Waals surface area contributed by atoms with E-state index in [1.165, 1.54) is 22.3 Å². The van der Waals surface area contributed by atoms with Gasteiger partial charge in [-0.3, -0.25) is 0 Å². The molecule has 0 amide bonds. The molecule has 0 bridgehead atoms. The van der Waals surface area contributed by atoms with Gasteiger partial charge in [0.1, 0.15) is 0 Å². The van der Waals surface area contributed by atoms with Crippen LogP contribution in [0.2, 0.25) is 0 Å². The largest absolute Gasteiger partial charge is 0.333 e. The van der Waals surface area contributed by atoms with Crippen LogP contribution in [0.1, 0.15) is 105 Å². The Kier molecular flexibility index (Phi) is 11.1.